The van der Waals surface area contributed by atoms with Gasteiger partial charge in [0.15, 0.2) is 16.9 Å². The maximum absolute atomic E-state index is 14.3. The van der Waals surface area contributed by atoms with Crippen LogP contribution in [0.15, 0.2) is 64.5 Å². The van der Waals surface area contributed by atoms with E-state index in [0.717, 1.165) is 24.0 Å². The lowest BCUT2D eigenvalue weighted by atomic mass is 9.97. The van der Waals surface area contributed by atoms with Gasteiger partial charge >= 0.3 is 5.69 Å². The number of ketones is 1. The number of fused-ring (bicyclic) bond motifs is 1. The summed E-state index contributed by atoms with van der Waals surface area (Å²) < 4.78 is 15.9. The molecule has 196 valence electrons. The van der Waals surface area contributed by atoms with Gasteiger partial charge in [-0.3, -0.25) is 14.8 Å². The third-order valence-electron chi connectivity index (χ3n) is 6.49. The van der Waals surface area contributed by atoms with E-state index in [0.29, 0.717) is 39.8 Å². The van der Waals surface area contributed by atoms with Gasteiger partial charge in [0.05, 0.1) is 12.2 Å². The van der Waals surface area contributed by atoms with Crippen LogP contribution in [0.5, 0.6) is 5.88 Å². The van der Waals surface area contributed by atoms with Crippen LogP contribution in [0.1, 0.15) is 41.4 Å². The molecule has 1 aliphatic rings. The number of rotatable bonds is 7. The molecule has 0 amide bonds. The smallest absolute Gasteiger partial charge is 0.326 e. The molecular formula is C28H24FN7O3. The largest absolute Gasteiger partial charge is 0.493 e. The molecule has 10 nitrogen and oxygen atoms in total. The number of hydrogen-bond acceptors (Lipinski definition) is 7. The minimum atomic E-state index is -0.529. The van der Waals surface area contributed by atoms with Crippen LogP contribution in [-0.2, 0) is 6.54 Å². The van der Waals surface area contributed by atoms with Crippen molar-refractivity contribution in [3.63, 3.8) is 0 Å². The summed E-state index contributed by atoms with van der Waals surface area (Å²) in [5, 5.41) is 18.3. The van der Waals surface area contributed by atoms with Crippen LogP contribution in [0.3, 0.4) is 0 Å². The zero-order chi connectivity index (χ0) is 27.1. The Morgan fingerprint density at radius 2 is 2.08 bits per heavy atom. The van der Waals surface area contributed by atoms with Gasteiger partial charge in [-0.1, -0.05) is 24.3 Å². The van der Waals surface area contributed by atoms with Crippen molar-refractivity contribution in [2.24, 2.45) is 4.99 Å². The highest BCUT2D eigenvalue weighted by molar-refractivity contribution is 5.95. The second kappa shape index (κ2) is 9.67. The number of Topliss-reactive ketones (excluding diaryl/α,β-unsaturated/α-hetero) is 1. The first-order valence-corrected chi connectivity index (χ1v) is 12.4. The van der Waals surface area contributed by atoms with Gasteiger partial charge in [0.2, 0.25) is 5.88 Å². The summed E-state index contributed by atoms with van der Waals surface area (Å²) in [5.74, 6) is -0.203. The van der Waals surface area contributed by atoms with Crippen molar-refractivity contribution in [1.82, 2.24) is 24.6 Å². The zero-order valence-electron chi connectivity index (χ0n) is 20.9. The molecule has 0 radical (unpaired) electrons. The van der Waals surface area contributed by atoms with Crippen molar-refractivity contribution in [3.8, 4) is 17.0 Å². The number of carbonyl (C=O) groups is 1. The molecule has 3 heterocycles. The van der Waals surface area contributed by atoms with E-state index in [1.807, 2.05) is 6.07 Å². The zero-order valence-corrected chi connectivity index (χ0v) is 20.9. The average Bonchev–Trinajstić information content (AvgIpc) is 3.55. The number of benzene rings is 2. The van der Waals surface area contributed by atoms with Crippen LogP contribution < -0.4 is 21.7 Å². The van der Waals surface area contributed by atoms with Gasteiger partial charge < -0.3 is 15.4 Å². The standard InChI is InChI=1S/C28H24FN7O3/c1-15(37)16-3-2-4-17(9-16)22-11-20(29)6-5-18(22)13-30-24-12-25(32-21-7-8-21)36-26(34-24)19(14-31-36)10-23-27(38)35-28(39)33-23/h2-6,9-12,14,21,30,38H,7-8,13H2,1H3,(H2,33,35,39). The number of aromatic hydroxyl groups is 1. The Hall–Kier alpha value is -5.06. The van der Waals surface area contributed by atoms with Gasteiger partial charge in [-0.2, -0.15) is 9.61 Å². The predicted octanol–water partition coefficient (Wildman–Crippen LogP) is 2.68. The van der Waals surface area contributed by atoms with Crippen LogP contribution in [0.25, 0.3) is 22.9 Å². The van der Waals surface area contributed by atoms with Crippen LogP contribution in [0, 0.1) is 5.82 Å². The number of H-pyrrole nitrogens is 2. The molecule has 4 N–H and O–H groups in total. The van der Waals surface area contributed by atoms with E-state index in [4.69, 9.17) is 9.98 Å². The van der Waals surface area contributed by atoms with E-state index < -0.39 is 5.69 Å². The number of imidazole rings is 1. The molecule has 0 spiro atoms. The highest BCUT2D eigenvalue weighted by atomic mass is 19.1. The van der Waals surface area contributed by atoms with Gasteiger partial charge in [0.1, 0.15) is 17.3 Å². The lowest BCUT2D eigenvalue weighted by Crippen LogP contribution is -2.20. The Morgan fingerprint density at radius 3 is 2.82 bits per heavy atom. The highest BCUT2D eigenvalue weighted by Crippen LogP contribution is 2.27. The number of aromatic amines is 2. The lowest BCUT2D eigenvalue weighted by Gasteiger charge is -2.13. The lowest BCUT2D eigenvalue weighted by molar-refractivity contribution is 0.101. The maximum Gasteiger partial charge on any atom is 0.326 e. The number of nitrogens with zero attached hydrogens (tertiary/aromatic N) is 4. The predicted molar refractivity (Wildman–Crippen MR) is 143 cm³/mol. The van der Waals surface area contributed by atoms with Crippen LogP contribution in [0.4, 0.5) is 10.2 Å². The van der Waals surface area contributed by atoms with Crippen molar-refractivity contribution in [2.45, 2.75) is 32.4 Å². The van der Waals surface area contributed by atoms with E-state index in [2.05, 4.69) is 20.4 Å². The molecule has 3 aromatic heterocycles. The fraction of sp³-hybridized carbons (Fsp3) is 0.179. The van der Waals surface area contributed by atoms with Gasteiger partial charge in [-0.15, -0.1) is 0 Å². The Balaban J connectivity index is 1.40. The summed E-state index contributed by atoms with van der Waals surface area (Å²) >= 11 is 0. The molecule has 5 aromatic rings. The summed E-state index contributed by atoms with van der Waals surface area (Å²) in [6.45, 7) is 1.82. The van der Waals surface area contributed by atoms with Crippen molar-refractivity contribution in [2.75, 3.05) is 5.32 Å². The van der Waals surface area contributed by atoms with E-state index >= 15 is 0 Å². The quantitative estimate of drug-likeness (QED) is 0.241. The summed E-state index contributed by atoms with van der Waals surface area (Å²) in [6.07, 6.45) is 5.17. The Bertz CT molecular complexity index is 1920. The number of nitrogens with one attached hydrogen (secondary N) is 3. The van der Waals surface area contributed by atoms with Crippen molar-refractivity contribution in [1.29, 1.82) is 0 Å². The molecule has 1 fully saturated rings. The van der Waals surface area contributed by atoms with Gasteiger partial charge in [-0.05, 0) is 60.7 Å². The molecular weight excluding hydrogens is 501 g/mol. The Kier molecular flexibility index (Phi) is 6.02. The average molecular weight is 526 g/mol. The van der Waals surface area contributed by atoms with Gasteiger partial charge in [-0.25, -0.2) is 14.2 Å². The fourth-order valence-electron chi connectivity index (χ4n) is 4.35. The van der Waals surface area contributed by atoms with E-state index in [1.54, 1.807) is 47.1 Å². The number of carbonyl (C=O) groups excluding carboxylic acids is 1. The van der Waals surface area contributed by atoms with Crippen LogP contribution in [0.2, 0.25) is 0 Å². The summed E-state index contributed by atoms with van der Waals surface area (Å²) in [5.41, 5.74) is 3.54. The van der Waals surface area contributed by atoms with Gasteiger partial charge in [0.25, 0.3) is 0 Å². The number of aromatic nitrogens is 5. The first kappa shape index (κ1) is 24.3. The Morgan fingerprint density at radius 1 is 1.23 bits per heavy atom. The molecule has 0 bridgehead atoms. The van der Waals surface area contributed by atoms with E-state index in [9.17, 15) is 19.1 Å². The topological polar surface area (TPSA) is 141 Å². The van der Waals surface area contributed by atoms with E-state index in [-0.39, 0.29) is 29.2 Å². The summed E-state index contributed by atoms with van der Waals surface area (Å²) in [7, 11) is 0. The molecule has 0 aliphatic heterocycles. The van der Waals surface area contributed by atoms with Crippen molar-refractivity contribution in [3.05, 3.63) is 98.6 Å². The number of halogens is 1. The normalized spacial score (nSPS) is 14.3. The third-order valence-corrected chi connectivity index (χ3v) is 6.49. The second-order valence-electron chi connectivity index (χ2n) is 9.47. The molecule has 0 atom stereocenters. The first-order valence-electron chi connectivity index (χ1n) is 12.4. The van der Waals surface area contributed by atoms with Crippen molar-refractivity contribution < 1.29 is 14.3 Å². The van der Waals surface area contributed by atoms with Crippen LogP contribution >= 0.6 is 0 Å². The first-order chi connectivity index (χ1) is 18.8. The SMILES string of the molecule is CC(=O)c1cccc(-c2cc(F)ccc2CNc2cc(=NC3CC3)n3ncc(=Cc4[nH]c(=O)[nH]c4O)c3n2)c1. The highest BCUT2D eigenvalue weighted by Gasteiger charge is 2.20. The fourth-order valence-corrected chi connectivity index (χ4v) is 4.35. The monoisotopic (exact) mass is 525 g/mol. The summed E-state index contributed by atoms with van der Waals surface area (Å²) in [6, 6.07) is 13.7. The molecule has 6 rings (SSSR count). The van der Waals surface area contributed by atoms with Crippen molar-refractivity contribution >= 4 is 23.3 Å². The number of anilines is 1. The third kappa shape index (κ3) is 5.06. The minimum Gasteiger partial charge on any atom is -0.493 e. The molecule has 0 saturated heterocycles. The van der Waals surface area contributed by atoms with E-state index in [1.165, 1.54) is 19.1 Å². The molecule has 39 heavy (non-hydrogen) atoms. The molecule has 11 heteroatoms. The summed E-state index contributed by atoms with van der Waals surface area (Å²) in [4.78, 5) is 37.8. The minimum absolute atomic E-state index is 0.0668. The molecule has 2 aromatic carbocycles. The Labute approximate surface area is 220 Å². The molecule has 1 saturated carbocycles. The van der Waals surface area contributed by atoms with Gasteiger partial charge in [0, 0.05) is 23.4 Å². The molecule has 1 aliphatic carbocycles. The molecule has 0 unspecified atom stereocenters. The second-order valence-corrected chi connectivity index (χ2v) is 9.47. The maximum atomic E-state index is 14.3. The number of hydrogen-bond donors (Lipinski definition) is 4. The van der Waals surface area contributed by atoms with Crippen LogP contribution in [-0.4, -0.2) is 41.5 Å².